The predicted molar refractivity (Wildman–Crippen MR) is 58.3 cm³/mol. The summed E-state index contributed by atoms with van der Waals surface area (Å²) in [6.45, 7) is 0. The average Bonchev–Trinajstić information content (AvgIpc) is 2.21. The Morgan fingerprint density at radius 1 is 1.36 bits per heavy atom. The first-order valence-corrected chi connectivity index (χ1v) is 5.41. The van der Waals surface area contributed by atoms with Crippen molar-refractivity contribution in [3.8, 4) is 6.07 Å². The summed E-state index contributed by atoms with van der Waals surface area (Å²) in [4.78, 5) is 11.2. The van der Waals surface area contributed by atoms with Crippen molar-refractivity contribution in [1.29, 1.82) is 5.26 Å². The number of nitriles is 1. The fourth-order valence-corrected chi connectivity index (χ4v) is 1.45. The van der Waals surface area contributed by atoms with E-state index < -0.39 is 0 Å². The fourth-order valence-electron chi connectivity index (χ4n) is 1.25. The lowest BCUT2D eigenvalue weighted by atomic mass is 10.0. The molecule has 0 saturated carbocycles. The highest BCUT2D eigenvalue weighted by Crippen LogP contribution is 2.10. The van der Waals surface area contributed by atoms with Crippen LogP contribution in [0.1, 0.15) is 11.1 Å². The maximum Gasteiger partial charge on any atom is 0.147 e. The molecule has 0 saturated heterocycles. The van der Waals surface area contributed by atoms with Crippen LogP contribution < -0.4 is 0 Å². The Bertz CT molecular complexity index is 368. The van der Waals surface area contributed by atoms with E-state index in [1.54, 1.807) is 0 Å². The SMILES string of the molecule is N#CCc1ccccc1CC(=O)CBr. The zero-order chi connectivity index (χ0) is 10.4. The van der Waals surface area contributed by atoms with Gasteiger partial charge < -0.3 is 0 Å². The third kappa shape index (κ3) is 2.97. The van der Waals surface area contributed by atoms with E-state index in [0.29, 0.717) is 18.2 Å². The van der Waals surface area contributed by atoms with Gasteiger partial charge >= 0.3 is 0 Å². The Balaban J connectivity index is 2.85. The van der Waals surface area contributed by atoms with Gasteiger partial charge in [-0.2, -0.15) is 5.26 Å². The van der Waals surface area contributed by atoms with Crippen LogP contribution in [0.15, 0.2) is 24.3 Å². The van der Waals surface area contributed by atoms with E-state index in [-0.39, 0.29) is 5.78 Å². The first-order valence-electron chi connectivity index (χ1n) is 4.29. The number of nitrogens with zero attached hydrogens (tertiary/aromatic N) is 1. The van der Waals surface area contributed by atoms with Crippen molar-refractivity contribution in [3.63, 3.8) is 0 Å². The van der Waals surface area contributed by atoms with Crippen LogP contribution >= 0.6 is 15.9 Å². The second-order valence-electron chi connectivity index (χ2n) is 2.95. The number of Topliss-reactive ketones (excluding diaryl/α,β-unsaturated/α-hetero) is 1. The number of ketones is 1. The number of rotatable bonds is 4. The average molecular weight is 252 g/mol. The van der Waals surface area contributed by atoms with Crippen LogP contribution in [0.2, 0.25) is 0 Å². The lowest BCUT2D eigenvalue weighted by Gasteiger charge is -2.04. The lowest BCUT2D eigenvalue weighted by Crippen LogP contribution is -2.05. The van der Waals surface area contributed by atoms with Crippen LogP contribution in [0, 0.1) is 11.3 Å². The van der Waals surface area contributed by atoms with Gasteiger partial charge in [0.25, 0.3) is 0 Å². The number of hydrogen-bond acceptors (Lipinski definition) is 2. The first-order chi connectivity index (χ1) is 6.77. The van der Waals surface area contributed by atoms with Gasteiger partial charge in [-0.25, -0.2) is 0 Å². The second kappa shape index (κ2) is 5.56. The molecule has 0 aliphatic rings. The number of benzene rings is 1. The highest BCUT2D eigenvalue weighted by atomic mass is 79.9. The molecular weight excluding hydrogens is 242 g/mol. The summed E-state index contributed by atoms with van der Waals surface area (Å²) in [7, 11) is 0. The van der Waals surface area contributed by atoms with Gasteiger partial charge in [-0.1, -0.05) is 40.2 Å². The highest BCUT2D eigenvalue weighted by molar-refractivity contribution is 9.09. The summed E-state index contributed by atoms with van der Waals surface area (Å²) in [5.41, 5.74) is 1.91. The van der Waals surface area contributed by atoms with Crippen molar-refractivity contribution in [1.82, 2.24) is 0 Å². The first kappa shape index (κ1) is 10.9. The molecule has 3 heteroatoms. The minimum Gasteiger partial charge on any atom is -0.298 e. The van der Waals surface area contributed by atoms with E-state index in [1.807, 2.05) is 24.3 Å². The number of carbonyl (C=O) groups is 1. The lowest BCUT2D eigenvalue weighted by molar-refractivity contribution is -0.115. The Morgan fingerprint density at radius 3 is 2.57 bits per heavy atom. The van der Waals surface area contributed by atoms with Crippen LogP contribution in [0.5, 0.6) is 0 Å². The predicted octanol–water partition coefficient (Wildman–Crippen LogP) is 2.26. The molecule has 1 aromatic carbocycles. The molecule has 72 valence electrons. The molecule has 0 atom stereocenters. The minimum atomic E-state index is 0.135. The van der Waals surface area contributed by atoms with Crippen LogP contribution in [0.25, 0.3) is 0 Å². The second-order valence-corrected chi connectivity index (χ2v) is 3.51. The van der Waals surface area contributed by atoms with Gasteiger partial charge in [0.15, 0.2) is 0 Å². The van der Waals surface area contributed by atoms with Gasteiger partial charge in [0.1, 0.15) is 5.78 Å². The Morgan fingerprint density at radius 2 is 2.00 bits per heavy atom. The molecule has 2 nitrogen and oxygen atoms in total. The van der Waals surface area contributed by atoms with Crippen molar-refractivity contribution >= 4 is 21.7 Å². The summed E-state index contributed by atoms with van der Waals surface area (Å²) in [6, 6.07) is 9.65. The van der Waals surface area contributed by atoms with Crippen LogP contribution in [0.3, 0.4) is 0 Å². The summed E-state index contributed by atoms with van der Waals surface area (Å²) in [5, 5.41) is 8.96. The standard InChI is InChI=1S/C11H10BrNO/c12-8-11(14)7-10-4-2-1-3-9(10)5-6-13/h1-4H,5,7-8H2. The molecule has 0 aromatic heterocycles. The maximum absolute atomic E-state index is 11.2. The van der Waals surface area contributed by atoms with Gasteiger partial charge in [-0.05, 0) is 11.1 Å². The van der Waals surface area contributed by atoms with Gasteiger partial charge in [0, 0.05) is 6.42 Å². The topological polar surface area (TPSA) is 40.9 Å². The molecule has 0 spiro atoms. The van der Waals surface area contributed by atoms with Crippen molar-refractivity contribution in [2.24, 2.45) is 0 Å². The van der Waals surface area contributed by atoms with Gasteiger partial charge in [0.2, 0.25) is 0 Å². The molecular formula is C11H10BrNO. The number of alkyl halides is 1. The molecule has 1 rings (SSSR count). The molecule has 0 radical (unpaired) electrons. The molecule has 0 unspecified atom stereocenters. The summed E-state index contributed by atoms with van der Waals surface area (Å²) in [6.07, 6.45) is 0.773. The van der Waals surface area contributed by atoms with Crippen LogP contribution in [-0.2, 0) is 17.6 Å². The monoisotopic (exact) mass is 251 g/mol. The van der Waals surface area contributed by atoms with Crippen molar-refractivity contribution in [2.75, 3.05) is 5.33 Å². The normalized spacial score (nSPS) is 9.43. The zero-order valence-electron chi connectivity index (χ0n) is 7.66. The van der Waals surface area contributed by atoms with Crippen molar-refractivity contribution in [3.05, 3.63) is 35.4 Å². The third-order valence-electron chi connectivity index (χ3n) is 1.92. The fraction of sp³-hybridized carbons (Fsp3) is 0.273. The molecule has 0 N–H and O–H groups in total. The van der Waals surface area contributed by atoms with E-state index in [2.05, 4.69) is 22.0 Å². The van der Waals surface area contributed by atoms with Gasteiger partial charge in [0.05, 0.1) is 17.8 Å². The molecule has 0 heterocycles. The van der Waals surface area contributed by atoms with Gasteiger partial charge in [-0.3, -0.25) is 4.79 Å². The third-order valence-corrected chi connectivity index (χ3v) is 2.55. The molecule has 0 aliphatic heterocycles. The van der Waals surface area contributed by atoms with E-state index in [9.17, 15) is 4.79 Å². The van der Waals surface area contributed by atoms with Crippen LogP contribution in [-0.4, -0.2) is 11.1 Å². The zero-order valence-corrected chi connectivity index (χ0v) is 9.25. The summed E-state index contributed by atoms with van der Waals surface area (Å²) >= 11 is 3.12. The summed E-state index contributed by atoms with van der Waals surface area (Å²) < 4.78 is 0. The van der Waals surface area contributed by atoms with E-state index >= 15 is 0 Å². The number of hydrogen-bond donors (Lipinski definition) is 0. The number of carbonyl (C=O) groups excluding carboxylic acids is 1. The minimum absolute atomic E-state index is 0.135. The Kier molecular flexibility index (Phi) is 4.34. The molecule has 0 bridgehead atoms. The molecule has 0 fully saturated rings. The molecule has 0 aliphatic carbocycles. The molecule has 1 aromatic rings. The summed E-state index contributed by atoms with van der Waals surface area (Å²) in [5.74, 6) is 0.135. The maximum atomic E-state index is 11.2. The Hall–Kier alpha value is -1.14. The molecule has 0 amide bonds. The smallest absolute Gasteiger partial charge is 0.147 e. The largest absolute Gasteiger partial charge is 0.298 e. The number of halogens is 1. The molecule has 14 heavy (non-hydrogen) atoms. The Labute approximate surface area is 91.7 Å². The van der Waals surface area contributed by atoms with Gasteiger partial charge in [-0.15, -0.1) is 0 Å². The van der Waals surface area contributed by atoms with Crippen molar-refractivity contribution in [2.45, 2.75) is 12.8 Å². The van der Waals surface area contributed by atoms with E-state index in [0.717, 1.165) is 11.1 Å². The van der Waals surface area contributed by atoms with Crippen molar-refractivity contribution < 1.29 is 4.79 Å². The quantitative estimate of drug-likeness (QED) is 0.771. The van der Waals surface area contributed by atoms with E-state index in [1.165, 1.54) is 0 Å². The highest BCUT2D eigenvalue weighted by Gasteiger charge is 2.05. The van der Waals surface area contributed by atoms with Crippen LogP contribution in [0.4, 0.5) is 0 Å². The van der Waals surface area contributed by atoms with E-state index in [4.69, 9.17) is 5.26 Å².